The number of hydrogen-bond acceptors (Lipinski definition) is 5. The van der Waals surface area contributed by atoms with E-state index < -0.39 is 0 Å². The minimum absolute atomic E-state index is 0.351. The van der Waals surface area contributed by atoms with Gasteiger partial charge in [-0.25, -0.2) is 4.98 Å². The average molecular weight is 325 g/mol. The molecule has 126 valence electrons. The van der Waals surface area contributed by atoms with Gasteiger partial charge < -0.3 is 9.51 Å². The third-order valence-electron chi connectivity index (χ3n) is 5.01. The van der Waals surface area contributed by atoms with Crippen LogP contribution in [0, 0.1) is 20.8 Å². The number of piperidine rings is 1. The highest BCUT2D eigenvalue weighted by atomic mass is 16.5. The van der Waals surface area contributed by atoms with Crippen molar-refractivity contribution in [2.75, 3.05) is 13.1 Å². The summed E-state index contributed by atoms with van der Waals surface area (Å²) in [6.45, 7) is 8.98. The first-order chi connectivity index (χ1) is 11.6. The molecule has 0 radical (unpaired) electrons. The van der Waals surface area contributed by atoms with E-state index in [0.29, 0.717) is 11.8 Å². The lowest BCUT2D eigenvalue weighted by atomic mass is 9.97. The molecule has 3 heterocycles. The van der Waals surface area contributed by atoms with Crippen molar-refractivity contribution in [2.45, 2.75) is 46.1 Å². The summed E-state index contributed by atoms with van der Waals surface area (Å²) in [6, 6.07) is 4.27. The third-order valence-corrected chi connectivity index (χ3v) is 5.01. The summed E-state index contributed by atoms with van der Waals surface area (Å²) in [5, 5.41) is 4.10. The van der Waals surface area contributed by atoms with Crippen molar-refractivity contribution in [3.05, 3.63) is 40.8 Å². The van der Waals surface area contributed by atoms with Crippen molar-refractivity contribution in [1.29, 1.82) is 0 Å². The Labute approximate surface area is 141 Å². The maximum Gasteiger partial charge on any atom is 0.223 e. The Bertz CT molecular complexity index is 866. The molecule has 1 fully saturated rings. The predicted molar refractivity (Wildman–Crippen MR) is 91.9 cm³/mol. The highest BCUT2D eigenvalue weighted by Gasteiger charge is 2.25. The van der Waals surface area contributed by atoms with Crippen LogP contribution in [0.1, 0.15) is 47.4 Å². The Morgan fingerprint density at radius 2 is 2.12 bits per heavy atom. The summed E-state index contributed by atoms with van der Waals surface area (Å²) in [4.78, 5) is 15.1. The van der Waals surface area contributed by atoms with Gasteiger partial charge in [-0.15, -0.1) is 0 Å². The first-order valence-electron chi connectivity index (χ1n) is 8.57. The molecule has 0 amide bonds. The van der Waals surface area contributed by atoms with Gasteiger partial charge in [0.1, 0.15) is 5.82 Å². The molecule has 3 aromatic rings. The number of likely N-dealkylation sites (tertiary alicyclic amines) is 1. The Balaban J connectivity index is 1.51. The van der Waals surface area contributed by atoms with E-state index in [1.807, 2.05) is 6.92 Å². The molecule has 0 bridgehead atoms. The normalized spacial score (nSPS) is 19.2. The van der Waals surface area contributed by atoms with Gasteiger partial charge in [-0.3, -0.25) is 4.90 Å². The Morgan fingerprint density at radius 1 is 1.25 bits per heavy atom. The van der Waals surface area contributed by atoms with Crippen LogP contribution in [-0.2, 0) is 6.54 Å². The Hall–Kier alpha value is -2.21. The molecule has 1 atom stereocenters. The molecule has 1 aliphatic heterocycles. The number of benzene rings is 1. The van der Waals surface area contributed by atoms with E-state index in [1.54, 1.807) is 0 Å². The van der Waals surface area contributed by atoms with Crippen molar-refractivity contribution in [3.63, 3.8) is 0 Å². The number of aromatic nitrogens is 4. The third kappa shape index (κ3) is 2.82. The molecule has 4 rings (SSSR count). The summed E-state index contributed by atoms with van der Waals surface area (Å²) in [5.41, 5.74) is 4.75. The first kappa shape index (κ1) is 15.3. The maximum atomic E-state index is 5.14. The van der Waals surface area contributed by atoms with E-state index in [0.717, 1.165) is 55.2 Å². The lowest BCUT2D eigenvalue weighted by molar-refractivity contribution is 0.191. The number of aryl methyl sites for hydroxylation is 3. The lowest BCUT2D eigenvalue weighted by Gasteiger charge is -2.30. The monoisotopic (exact) mass is 325 g/mol. The topological polar surface area (TPSA) is 70.8 Å². The average Bonchev–Trinajstić information content (AvgIpc) is 3.18. The molecular formula is C18H23N5O. The lowest BCUT2D eigenvalue weighted by Crippen LogP contribution is -2.34. The number of imidazole rings is 1. The minimum Gasteiger partial charge on any atom is -0.341 e. The van der Waals surface area contributed by atoms with E-state index in [4.69, 9.17) is 9.51 Å². The fourth-order valence-corrected chi connectivity index (χ4v) is 3.54. The van der Waals surface area contributed by atoms with Crippen LogP contribution in [-0.4, -0.2) is 38.1 Å². The molecule has 0 aliphatic carbocycles. The van der Waals surface area contributed by atoms with Gasteiger partial charge in [-0.2, -0.15) is 4.98 Å². The van der Waals surface area contributed by atoms with Gasteiger partial charge in [0.25, 0.3) is 0 Å². The summed E-state index contributed by atoms with van der Waals surface area (Å²) in [6.07, 6.45) is 2.27. The van der Waals surface area contributed by atoms with Gasteiger partial charge in [0.2, 0.25) is 5.89 Å². The molecule has 1 aliphatic rings. The van der Waals surface area contributed by atoms with E-state index in [9.17, 15) is 0 Å². The van der Waals surface area contributed by atoms with Gasteiger partial charge in [-0.05, 0) is 50.4 Å². The summed E-state index contributed by atoms with van der Waals surface area (Å²) in [7, 11) is 0. The Kier molecular flexibility index (Phi) is 3.84. The smallest absolute Gasteiger partial charge is 0.223 e. The number of nitrogens with zero attached hydrogens (tertiary/aromatic N) is 4. The Morgan fingerprint density at radius 3 is 2.92 bits per heavy atom. The second-order valence-corrected chi connectivity index (χ2v) is 6.83. The summed E-state index contributed by atoms with van der Waals surface area (Å²) < 4.78 is 5.14. The SMILES string of the molecule is Cc1nc(C2CCCN(Cc3nc4c(C)c(C)ccc4[nH]3)C2)no1. The van der Waals surface area contributed by atoms with Gasteiger partial charge in [0, 0.05) is 19.4 Å². The zero-order valence-corrected chi connectivity index (χ0v) is 14.5. The molecular weight excluding hydrogens is 302 g/mol. The number of fused-ring (bicyclic) bond motifs is 1. The second kappa shape index (κ2) is 6.02. The van der Waals surface area contributed by atoms with Crippen LogP contribution < -0.4 is 0 Å². The molecule has 2 aromatic heterocycles. The van der Waals surface area contributed by atoms with Crippen molar-refractivity contribution in [2.24, 2.45) is 0 Å². The van der Waals surface area contributed by atoms with E-state index >= 15 is 0 Å². The summed E-state index contributed by atoms with van der Waals surface area (Å²) in [5.74, 6) is 2.87. The van der Waals surface area contributed by atoms with Crippen LogP contribution in [0.25, 0.3) is 11.0 Å². The van der Waals surface area contributed by atoms with Crippen LogP contribution >= 0.6 is 0 Å². The second-order valence-electron chi connectivity index (χ2n) is 6.83. The fourth-order valence-electron chi connectivity index (χ4n) is 3.54. The largest absolute Gasteiger partial charge is 0.341 e. The van der Waals surface area contributed by atoms with Gasteiger partial charge in [0.05, 0.1) is 17.6 Å². The molecule has 1 aromatic carbocycles. The maximum absolute atomic E-state index is 5.14. The molecule has 1 saturated heterocycles. The number of hydrogen-bond donors (Lipinski definition) is 1. The van der Waals surface area contributed by atoms with Crippen molar-refractivity contribution >= 4 is 11.0 Å². The minimum atomic E-state index is 0.351. The quantitative estimate of drug-likeness (QED) is 0.800. The standard InChI is InChI=1S/C18H23N5O/c1-11-6-7-15-17(12(11)2)21-16(20-15)10-23-8-4-5-14(9-23)18-19-13(3)24-22-18/h6-7,14H,4-5,8-10H2,1-3H3,(H,20,21). The van der Waals surface area contributed by atoms with Gasteiger partial charge in [-0.1, -0.05) is 11.2 Å². The fraction of sp³-hybridized carbons (Fsp3) is 0.500. The molecule has 6 nitrogen and oxygen atoms in total. The summed E-state index contributed by atoms with van der Waals surface area (Å²) >= 11 is 0. The van der Waals surface area contributed by atoms with E-state index in [-0.39, 0.29) is 0 Å². The van der Waals surface area contributed by atoms with Crippen LogP contribution in [0.4, 0.5) is 0 Å². The number of aromatic amines is 1. The zero-order chi connectivity index (χ0) is 16.7. The van der Waals surface area contributed by atoms with Crippen molar-refractivity contribution in [1.82, 2.24) is 25.0 Å². The van der Waals surface area contributed by atoms with Crippen molar-refractivity contribution in [3.8, 4) is 0 Å². The molecule has 0 spiro atoms. The zero-order valence-electron chi connectivity index (χ0n) is 14.5. The number of rotatable bonds is 3. The predicted octanol–water partition coefficient (Wildman–Crippen LogP) is 3.25. The van der Waals surface area contributed by atoms with E-state index in [1.165, 1.54) is 11.1 Å². The first-order valence-corrected chi connectivity index (χ1v) is 8.57. The van der Waals surface area contributed by atoms with Crippen LogP contribution in [0.2, 0.25) is 0 Å². The molecule has 6 heteroatoms. The van der Waals surface area contributed by atoms with Gasteiger partial charge >= 0.3 is 0 Å². The highest BCUT2D eigenvalue weighted by molar-refractivity contribution is 5.79. The highest BCUT2D eigenvalue weighted by Crippen LogP contribution is 2.26. The number of nitrogens with one attached hydrogen (secondary N) is 1. The van der Waals surface area contributed by atoms with Crippen molar-refractivity contribution < 1.29 is 4.52 Å². The van der Waals surface area contributed by atoms with Crippen LogP contribution in [0.3, 0.4) is 0 Å². The molecule has 0 saturated carbocycles. The van der Waals surface area contributed by atoms with E-state index in [2.05, 4.69) is 46.0 Å². The number of H-pyrrole nitrogens is 1. The molecule has 1 N–H and O–H groups in total. The van der Waals surface area contributed by atoms with Crippen LogP contribution in [0.5, 0.6) is 0 Å². The van der Waals surface area contributed by atoms with Crippen LogP contribution in [0.15, 0.2) is 16.7 Å². The van der Waals surface area contributed by atoms with Gasteiger partial charge in [0.15, 0.2) is 5.82 Å². The molecule has 24 heavy (non-hydrogen) atoms. The molecule has 1 unspecified atom stereocenters.